The Kier molecular flexibility index (Phi) is 4.22. The highest BCUT2D eigenvalue weighted by molar-refractivity contribution is 5.75. The number of hydrogen-bond acceptors (Lipinski definition) is 4. The minimum Gasteiger partial charge on any atom is -0.336 e. The fraction of sp³-hybridized carbons (Fsp3) is 0.474. The highest BCUT2D eigenvalue weighted by Crippen LogP contribution is 2.39. The summed E-state index contributed by atoms with van der Waals surface area (Å²) in [4.78, 5) is 35.1. The molecule has 4 heterocycles. The fourth-order valence-electron chi connectivity index (χ4n) is 4.20. The number of carbonyl (C=O) groups excluding carboxylic acids is 1. The summed E-state index contributed by atoms with van der Waals surface area (Å²) >= 11 is 0. The number of pyridine rings is 1. The molecule has 2 amide bonds. The zero-order chi connectivity index (χ0) is 18.3. The third-order valence-electron chi connectivity index (χ3n) is 5.16. The minimum absolute atomic E-state index is 0.0222. The average Bonchev–Trinajstić information content (AvgIpc) is 2.62. The van der Waals surface area contributed by atoms with E-state index in [2.05, 4.69) is 15.3 Å². The summed E-state index contributed by atoms with van der Waals surface area (Å²) in [5.74, 6) is 0.448. The van der Waals surface area contributed by atoms with E-state index in [1.807, 2.05) is 29.4 Å². The number of carbonyl (C=O) groups is 1. The molecule has 0 aliphatic carbocycles. The lowest BCUT2D eigenvalue weighted by atomic mass is 9.81. The van der Waals surface area contributed by atoms with Gasteiger partial charge in [-0.2, -0.15) is 0 Å². The second kappa shape index (κ2) is 6.55. The van der Waals surface area contributed by atoms with Gasteiger partial charge in [-0.05, 0) is 32.3 Å². The molecule has 0 unspecified atom stereocenters. The van der Waals surface area contributed by atoms with Crippen LogP contribution in [0.15, 0.2) is 35.6 Å². The molecule has 1 fully saturated rings. The molecule has 2 aliphatic rings. The Bertz CT molecular complexity index is 877. The van der Waals surface area contributed by atoms with Crippen molar-refractivity contribution in [3.05, 3.63) is 46.9 Å². The number of likely N-dealkylation sites (tertiary alicyclic amines) is 1. The third-order valence-corrected chi connectivity index (χ3v) is 5.16. The number of aromatic nitrogens is 3. The normalized spacial score (nSPS) is 21.4. The van der Waals surface area contributed by atoms with E-state index < -0.39 is 0 Å². The van der Waals surface area contributed by atoms with Gasteiger partial charge < -0.3 is 14.8 Å². The molecule has 7 heteroatoms. The van der Waals surface area contributed by atoms with Crippen LogP contribution in [0.1, 0.15) is 31.9 Å². The number of hydrogen-bond donors (Lipinski definition) is 1. The van der Waals surface area contributed by atoms with Crippen LogP contribution in [-0.4, -0.2) is 44.6 Å². The Morgan fingerprint density at radius 1 is 1.19 bits per heavy atom. The van der Waals surface area contributed by atoms with E-state index in [0.717, 1.165) is 23.2 Å². The molecule has 0 aromatic carbocycles. The molecule has 136 valence electrons. The van der Waals surface area contributed by atoms with Crippen LogP contribution < -0.4 is 10.9 Å². The maximum atomic E-state index is 12.5. The Hall–Kier alpha value is -2.70. The Labute approximate surface area is 152 Å². The summed E-state index contributed by atoms with van der Waals surface area (Å²) in [6.45, 7) is 5.90. The van der Waals surface area contributed by atoms with Crippen LogP contribution in [0.2, 0.25) is 0 Å². The van der Waals surface area contributed by atoms with Gasteiger partial charge in [0.05, 0.1) is 0 Å². The Morgan fingerprint density at radius 2 is 1.96 bits per heavy atom. The molecule has 2 aromatic heterocycles. The molecule has 2 bridgehead atoms. The van der Waals surface area contributed by atoms with Crippen molar-refractivity contribution in [3.63, 3.8) is 0 Å². The molecule has 2 atom stereocenters. The van der Waals surface area contributed by atoms with Crippen molar-refractivity contribution < 1.29 is 4.79 Å². The molecular weight excluding hydrogens is 330 g/mol. The fourth-order valence-corrected chi connectivity index (χ4v) is 4.20. The van der Waals surface area contributed by atoms with Gasteiger partial charge in [-0.15, -0.1) is 0 Å². The first-order valence-electron chi connectivity index (χ1n) is 9.07. The molecular formula is C19H23N5O2. The molecule has 26 heavy (non-hydrogen) atoms. The summed E-state index contributed by atoms with van der Waals surface area (Å²) in [5.41, 5.74) is 2.92. The van der Waals surface area contributed by atoms with E-state index >= 15 is 0 Å². The van der Waals surface area contributed by atoms with Crippen LogP contribution in [0.5, 0.6) is 0 Å². The van der Waals surface area contributed by atoms with Crippen LogP contribution >= 0.6 is 0 Å². The molecule has 4 rings (SSSR count). The maximum absolute atomic E-state index is 12.5. The molecule has 2 aliphatic heterocycles. The molecule has 1 saturated heterocycles. The van der Waals surface area contributed by atoms with Crippen LogP contribution in [0.3, 0.4) is 0 Å². The Balaban J connectivity index is 1.73. The maximum Gasteiger partial charge on any atom is 0.317 e. The van der Waals surface area contributed by atoms with E-state index in [1.165, 1.54) is 6.33 Å². The summed E-state index contributed by atoms with van der Waals surface area (Å²) in [7, 11) is 0. The van der Waals surface area contributed by atoms with E-state index in [-0.39, 0.29) is 23.6 Å². The van der Waals surface area contributed by atoms with Gasteiger partial charge >= 0.3 is 6.03 Å². The quantitative estimate of drug-likeness (QED) is 0.893. The van der Waals surface area contributed by atoms with Crippen molar-refractivity contribution in [1.82, 2.24) is 24.8 Å². The van der Waals surface area contributed by atoms with Gasteiger partial charge in [0.2, 0.25) is 0 Å². The largest absolute Gasteiger partial charge is 0.336 e. The molecule has 2 aromatic rings. The van der Waals surface area contributed by atoms with E-state index in [0.29, 0.717) is 25.6 Å². The summed E-state index contributed by atoms with van der Waals surface area (Å²) < 4.78 is 1.89. The van der Waals surface area contributed by atoms with E-state index in [1.54, 1.807) is 18.5 Å². The number of nitrogens with one attached hydrogen (secondary N) is 1. The highest BCUT2D eigenvalue weighted by atomic mass is 16.2. The van der Waals surface area contributed by atoms with Gasteiger partial charge in [-0.3, -0.25) is 4.79 Å². The molecule has 0 radical (unpaired) electrons. The lowest BCUT2D eigenvalue weighted by Gasteiger charge is -2.43. The lowest BCUT2D eigenvalue weighted by molar-refractivity contribution is 0.130. The lowest BCUT2D eigenvalue weighted by Crippen LogP contribution is -2.53. The number of fused-ring (bicyclic) bond motifs is 4. The van der Waals surface area contributed by atoms with Crippen molar-refractivity contribution in [3.8, 4) is 11.1 Å². The average molecular weight is 353 g/mol. The second-order valence-electron chi connectivity index (χ2n) is 7.52. The standard InChI is InChI=1S/C19H23N5O2/c1-12(2)22-19(26)23-8-13-5-14(10-23)18-16(15-6-20-11-21-7-15)3-4-17(25)24(18)9-13/h3-4,6-7,11-14H,5,8-10H2,1-2H3,(H,22,26)/t13-,14-/m1/s1. The van der Waals surface area contributed by atoms with E-state index in [4.69, 9.17) is 0 Å². The van der Waals surface area contributed by atoms with Crippen molar-refractivity contribution in [2.24, 2.45) is 5.92 Å². The SMILES string of the molecule is CC(C)NC(=O)N1C[C@H]2C[C@H](C1)c1c(-c3cncnc3)ccc(=O)n1C2. The molecule has 0 spiro atoms. The second-order valence-corrected chi connectivity index (χ2v) is 7.52. The predicted molar refractivity (Wildman–Crippen MR) is 97.8 cm³/mol. The van der Waals surface area contributed by atoms with Crippen molar-refractivity contribution in [1.29, 1.82) is 0 Å². The van der Waals surface area contributed by atoms with Gasteiger partial charge in [-0.25, -0.2) is 14.8 Å². The van der Waals surface area contributed by atoms with E-state index in [9.17, 15) is 9.59 Å². The van der Waals surface area contributed by atoms with Gasteiger partial charge in [-0.1, -0.05) is 0 Å². The van der Waals surface area contributed by atoms with Crippen molar-refractivity contribution >= 4 is 6.03 Å². The molecule has 0 saturated carbocycles. The Morgan fingerprint density at radius 3 is 2.69 bits per heavy atom. The molecule has 1 N–H and O–H groups in total. The van der Waals surface area contributed by atoms with Gasteiger partial charge in [0.1, 0.15) is 6.33 Å². The summed E-state index contributed by atoms with van der Waals surface area (Å²) in [5, 5.41) is 2.98. The number of urea groups is 1. The van der Waals surface area contributed by atoms with Crippen molar-refractivity contribution in [2.75, 3.05) is 13.1 Å². The number of rotatable bonds is 2. The number of nitrogens with zero attached hydrogens (tertiary/aromatic N) is 4. The molecule has 7 nitrogen and oxygen atoms in total. The number of amides is 2. The van der Waals surface area contributed by atoms with Gasteiger partial charge in [0, 0.05) is 66.9 Å². The highest BCUT2D eigenvalue weighted by Gasteiger charge is 2.37. The van der Waals surface area contributed by atoms with Gasteiger partial charge in [0.25, 0.3) is 5.56 Å². The third kappa shape index (κ3) is 2.98. The summed E-state index contributed by atoms with van der Waals surface area (Å²) in [6, 6.07) is 3.57. The van der Waals surface area contributed by atoms with Crippen LogP contribution in [0.4, 0.5) is 4.79 Å². The minimum atomic E-state index is -0.0222. The first-order valence-corrected chi connectivity index (χ1v) is 9.07. The predicted octanol–water partition coefficient (Wildman–Crippen LogP) is 1.84. The monoisotopic (exact) mass is 353 g/mol. The first-order chi connectivity index (χ1) is 12.5. The van der Waals surface area contributed by atoms with Crippen LogP contribution in [0, 0.1) is 5.92 Å². The van der Waals surface area contributed by atoms with Gasteiger partial charge in [0.15, 0.2) is 0 Å². The summed E-state index contributed by atoms with van der Waals surface area (Å²) in [6.07, 6.45) is 6.03. The zero-order valence-corrected chi connectivity index (χ0v) is 15.1. The number of piperidine rings is 1. The first kappa shape index (κ1) is 16.8. The van der Waals surface area contributed by atoms with Crippen LogP contribution in [-0.2, 0) is 6.54 Å². The van der Waals surface area contributed by atoms with Crippen molar-refractivity contribution in [2.45, 2.75) is 38.8 Å². The smallest absolute Gasteiger partial charge is 0.317 e. The van der Waals surface area contributed by atoms with Crippen LogP contribution in [0.25, 0.3) is 11.1 Å². The zero-order valence-electron chi connectivity index (χ0n) is 15.1. The topological polar surface area (TPSA) is 80.1 Å².